The standard InChI is InChI=1S/C24H29N/c1-3-18(2)16-19-4-8-21(9-5-19)23-12-14-24(15-13-23)22-10-6-20(17-25)7-11-22/h4-11,18,23-24H,3,12-16H2,1-2H3/t18?,23-,24-. The third-order valence-electron chi connectivity index (χ3n) is 5.97. The SMILES string of the molecule is CCC(C)Cc1ccc([C@H]2CC[C@H](c3ccc(C#N)cc3)CC2)cc1. The van der Waals surface area contributed by atoms with E-state index in [0.717, 1.165) is 11.5 Å². The Morgan fingerprint density at radius 3 is 1.80 bits per heavy atom. The van der Waals surface area contributed by atoms with Crippen LogP contribution in [0.5, 0.6) is 0 Å². The second kappa shape index (κ2) is 8.34. The van der Waals surface area contributed by atoms with Gasteiger partial charge in [-0.05, 0) is 78.7 Å². The molecule has 0 aromatic heterocycles. The molecule has 0 aliphatic heterocycles. The third kappa shape index (κ3) is 4.51. The maximum atomic E-state index is 8.93. The first-order chi connectivity index (χ1) is 12.2. The van der Waals surface area contributed by atoms with E-state index in [0.29, 0.717) is 11.8 Å². The Bertz CT molecular complexity index is 697. The van der Waals surface area contributed by atoms with Gasteiger partial charge in [-0.1, -0.05) is 56.7 Å². The van der Waals surface area contributed by atoms with E-state index in [4.69, 9.17) is 5.26 Å². The molecule has 130 valence electrons. The van der Waals surface area contributed by atoms with Gasteiger partial charge in [0.2, 0.25) is 0 Å². The van der Waals surface area contributed by atoms with Crippen molar-refractivity contribution in [3.8, 4) is 6.07 Å². The molecule has 0 amide bonds. The summed E-state index contributed by atoms with van der Waals surface area (Å²) in [6.07, 6.45) is 7.50. The van der Waals surface area contributed by atoms with Crippen LogP contribution >= 0.6 is 0 Å². The predicted molar refractivity (Wildman–Crippen MR) is 105 cm³/mol. The lowest BCUT2D eigenvalue weighted by molar-refractivity contribution is 0.396. The fourth-order valence-electron chi connectivity index (χ4n) is 4.06. The first-order valence-electron chi connectivity index (χ1n) is 9.78. The van der Waals surface area contributed by atoms with Crippen LogP contribution < -0.4 is 0 Å². The number of nitrogens with zero attached hydrogens (tertiary/aromatic N) is 1. The van der Waals surface area contributed by atoms with Crippen LogP contribution in [0.1, 0.15) is 80.0 Å². The van der Waals surface area contributed by atoms with Gasteiger partial charge < -0.3 is 0 Å². The molecule has 1 heteroatoms. The van der Waals surface area contributed by atoms with E-state index in [1.807, 2.05) is 12.1 Å². The largest absolute Gasteiger partial charge is 0.192 e. The summed E-state index contributed by atoms with van der Waals surface area (Å²) in [7, 11) is 0. The second-order valence-electron chi connectivity index (χ2n) is 7.74. The van der Waals surface area contributed by atoms with Gasteiger partial charge in [-0.15, -0.1) is 0 Å². The zero-order valence-corrected chi connectivity index (χ0v) is 15.5. The molecule has 0 radical (unpaired) electrons. The topological polar surface area (TPSA) is 23.8 Å². The molecule has 0 saturated heterocycles. The second-order valence-corrected chi connectivity index (χ2v) is 7.74. The summed E-state index contributed by atoms with van der Waals surface area (Å²) in [5.74, 6) is 2.15. The van der Waals surface area contributed by atoms with Gasteiger partial charge in [0.1, 0.15) is 0 Å². The number of nitriles is 1. The zero-order chi connectivity index (χ0) is 17.6. The van der Waals surface area contributed by atoms with Gasteiger partial charge in [0.05, 0.1) is 11.6 Å². The smallest absolute Gasteiger partial charge is 0.0991 e. The predicted octanol–water partition coefficient (Wildman–Crippen LogP) is 6.59. The Morgan fingerprint density at radius 1 is 0.880 bits per heavy atom. The minimum Gasteiger partial charge on any atom is -0.192 e. The van der Waals surface area contributed by atoms with E-state index in [-0.39, 0.29) is 0 Å². The summed E-state index contributed by atoms with van der Waals surface area (Å²) in [4.78, 5) is 0. The van der Waals surface area contributed by atoms with E-state index < -0.39 is 0 Å². The van der Waals surface area contributed by atoms with Crippen LogP contribution in [0.4, 0.5) is 0 Å². The maximum Gasteiger partial charge on any atom is 0.0991 e. The van der Waals surface area contributed by atoms with E-state index >= 15 is 0 Å². The number of hydrogen-bond acceptors (Lipinski definition) is 1. The number of benzene rings is 2. The molecule has 0 heterocycles. The highest BCUT2D eigenvalue weighted by molar-refractivity contribution is 5.33. The monoisotopic (exact) mass is 331 g/mol. The van der Waals surface area contributed by atoms with Crippen LogP contribution in [0.15, 0.2) is 48.5 Å². The van der Waals surface area contributed by atoms with Crippen LogP contribution in [0.3, 0.4) is 0 Å². The Balaban J connectivity index is 1.57. The van der Waals surface area contributed by atoms with E-state index in [1.54, 1.807) is 0 Å². The number of rotatable bonds is 5. The highest BCUT2D eigenvalue weighted by Gasteiger charge is 2.23. The first kappa shape index (κ1) is 17.7. The molecule has 2 aromatic carbocycles. The quantitative estimate of drug-likeness (QED) is 0.606. The molecule has 1 saturated carbocycles. The van der Waals surface area contributed by atoms with Crippen molar-refractivity contribution < 1.29 is 0 Å². The maximum absolute atomic E-state index is 8.93. The molecule has 1 aliphatic carbocycles. The first-order valence-corrected chi connectivity index (χ1v) is 9.78. The van der Waals surface area contributed by atoms with Crippen molar-refractivity contribution in [2.45, 2.75) is 64.2 Å². The average molecular weight is 332 g/mol. The van der Waals surface area contributed by atoms with Crippen molar-refractivity contribution in [2.24, 2.45) is 5.92 Å². The normalized spacial score (nSPS) is 21.5. The minimum atomic E-state index is 0.661. The fraction of sp³-hybridized carbons (Fsp3) is 0.458. The number of hydrogen-bond donors (Lipinski definition) is 0. The Morgan fingerprint density at radius 2 is 1.36 bits per heavy atom. The zero-order valence-electron chi connectivity index (χ0n) is 15.5. The summed E-state index contributed by atoms with van der Waals surface area (Å²) in [5.41, 5.74) is 5.16. The summed E-state index contributed by atoms with van der Waals surface area (Å²) < 4.78 is 0. The van der Waals surface area contributed by atoms with Crippen LogP contribution in [0.2, 0.25) is 0 Å². The molecular weight excluding hydrogens is 302 g/mol. The molecule has 0 N–H and O–H groups in total. The van der Waals surface area contributed by atoms with Crippen LogP contribution in [-0.2, 0) is 6.42 Å². The molecule has 3 rings (SSSR count). The van der Waals surface area contributed by atoms with Gasteiger partial charge in [-0.2, -0.15) is 5.26 Å². The summed E-state index contributed by atoms with van der Waals surface area (Å²) >= 11 is 0. The van der Waals surface area contributed by atoms with Gasteiger partial charge in [-0.25, -0.2) is 0 Å². The van der Waals surface area contributed by atoms with Gasteiger partial charge >= 0.3 is 0 Å². The van der Waals surface area contributed by atoms with E-state index in [2.05, 4.69) is 56.3 Å². The molecule has 25 heavy (non-hydrogen) atoms. The van der Waals surface area contributed by atoms with Crippen molar-refractivity contribution in [1.29, 1.82) is 5.26 Å². The van der Waals surface area contributed by atoms with Crippen LogP contribution in [0, 0.1) is 17.2 Å². The van der Waals surface area contributed by atoms with Crippen molar-refractivity contribution in [1.82, 2.24) is 0 Å². The lowest BCUT2D eigenvalue weighted by Crippen LogP contribution is -2.12. The van der Waals surface area contributed by atoms with Gasteiger partial charge in [-0.3, -0.25) is 0 Å². The molecule has 1 unspecified atom stereocenters. The van der Waals surface area contributed by atoms with Crippen molar-refractivity contribution >= 4 is 0 Å². The fourth-order valence-corrected chi connectivity index (χ4v) is 4.06. The van der Waals surface area contributed by atoms with Gasteiger partial charge in [0.15, 0.2) is 0 Å². The lowest BCUT2D eigenvalue weighted by Gasteiger charge is -2.29. The molecule has 1 atom stereocenters. The summed E-state index contributed by atoms with van der Waals surface area (Å²) in [6, 6.07) is 19.8. The highest BCUT2D eigenvalue weighted by atomic mass is 14.3. The highest BCUT2D eigenvalue weighted by Crippen LogP contribution is 2.40. The summed E-state index contributed by atoms with van der Waals surface area (Å²) in [5, 5.41) is 8.93. The lowest BCUT2D eigenvalue weighted by atomic mass is 9.76. The van der Waals surface area contributed by atoms with Crippen LogP contribution in [-0.4, -0.2) is 0 Å². The van der Waals surface area contributed by atoms with E-state index in [9.17, 15) is 0 Å². The molecule has 0 bridgehead atoms. The van der Waals surface area contributed by atoms with E-state index in [1.165, 1.54) is 55.2 Å². The minimum absolute atomic E-state index is 0.661. The molecule has 1 nitrogen and oxygen atoms in total. The average Bonchev–Trinajstić information content (AvgIpc) is 2.69. The Kier molecular flexibility index (Phi) is 5.92. The van der Waals surface area contributed by atoms with Crippen molar-refractivity contribution in [2.75, 3.05) is 0 Å². The molecule has 1 fully saturated rings. The summed E-state index contributed by atoms with van der Waals surface area (Å²) in [6.45, 7) is 4.60. The van der Waals surface area contributed by atoms with Gasteiger partial charge in [0.25, 0.3) is 0 Å². The molecule has 1 aliphatic rings. The van der Waals surface area contributed by atoms with Crippen molar-refractivity contribution in [3.05, 3.63) is 70.8 Å². The Labute approximate surface area is 152 Å². The third-order valence-corrected chi connectivity index (χ3v) is 5.97. The molecular formula is C24H29N. The Hall–Kier alpha value is -2.07. The molecule has 2 aromatic rings. The van der Waals surface area contributed by atoms with Gasteiger partial charge in [0, 0.05) is 0 Å². The van der Waals surface area contributed by atoms with Crippen LogP contribution in [0.25, 0.3) is 0 Å². The molecule has 0 spiro atoms. The van der Waals surface area contributed by atoms with Crippen molar-refractivity contribution in [3.63, 3.8) is 0 Å².